The van der Waals surface area contributed by atoms with Gasteiger partial charge in [0, 0.05) is 5.33 Å². The molecular formula is C8H4BrF3N2O. The molecule has 1 heterocycles. The summed E-state index contributed by atoms with van der Waals surface area (Å²) in [6.07, 6.45) is -4.84. The second kappa shape index (κ2) is 4.49. The van der Waals surface area contributed by atoms with Crippen molar-refractivity contribution in [3.8, 4) is 11.9 Å². The first kappa shape index (κ1) is 11.8. The minimum atomic E-state index is -4.84. The van der Waals surface area contributed by atoms with Crippen LogP contribution in [-0.4, -0.2) is 11.3 Å². The van der Waals surface area contributed by atoms with Crippen molar-refractivity contribution in [2.75, 3.05) is 0 Å². The van der Waals surface area contributed by atoms with E-state index in [9.17, 15) is 13.2 Å². The Morgan fingerprint density at radius 1 is 1.47 bits per heavy atom. The smallest absolute Gasteiger partial charge is 0.386 e. The monoisotopic (exact) mass is 280 g/mol. The third-order valence-electron chi connectivity index (χ3n) is 1.39. The molecule has 0 atom stereocenters. The van der Waals surface area contributed by atoms with E-state index in [0.29, 0.717) is 5.69 Å². The van der Waals surface area contributed by atoms with Crippen molar-refractivity contribution in [3.63, 3.8) is 0 Å². The van der Waals surface area contributed by atoms with Gasteiger partial charge in [0.2, 0.25) is 5.88 Å². The standard InChI is InChI=1S/C8H4BrF3N2O/c9-3-6-2-1-5(4-13)7(14-6)15-8(10,11)12/h1-2H,3H2. The maximum absolute atomic E-state index is 11.9. The fourth-order valence-electron chi connectivity index (χ4n) is 0.826. The van der Waals surface area contributed by atoms with E-state index in [-0.39, 0.29) is 10.9 Å². The zero-order valence-electron chi connectivity index (χ0n) is 7.18. The zero-order chi connectivity index (χ0) is 11.5. The molecule has 1 aromatic heterocycles. The first-order valence-electron chi connectivity index (χ1n) is 3.68. The average molecular weight is 281 g/mol. The fraction of sp³-hybridized carbons (Fsp3) is 0.250. The van der Waals surface area contributed by atoms with Gasteiger partial charge in [-0.25, -0.2) is 4.98 Å². The molecule has 0 aliphatic heterocycles. The van der Waals surface area contributed by atoms with Crippen LogP contribution in [0.3, 0.4) is 0 Å². The van der Waals surface area contributed by atoms with E-state index in [1.807, 2.05) is 0 Å². The highest BCUT2D eigenvalue weighted by Crippen LogP contribution is 2.24. The molecule has 0 radical (unpaired) electrons. The maximum atomic E-state index is 11.9. The number of alkyl halides is 4. The van der Waals surface area contributed by atoms with E-state index in [1.165, 1.54) is 12.1 Å². The molecule has 0 aliphatic rings. The number of ether oxygens (including phenoxy) is 1. The van der Waals surface area contributed by atoms with Crippen LogP contribution in [0.25, 0.3) is 0 Å². The largest absolute Gasteiger partial charge is 0.574 e. The van der Waals surface area contributed by atoms with Gasteiger partial charge >= 0.3 is 6.36 Å². The predicted molar refractivity (Wildman–Crippen MR) is 48.3 cm³/mol. The summed E-state index contributed by atoms with van der Waals surface area (Å²) >= 11 is 3.04. The maximum Gasteiger partial charge on any atom is 0.574 e. The first-order valence-corrected chi connectivity index (χ1v) is 4.80. The Labute approximate surface area is 91.6 Å². The summed E-state index contributed by atoms with van der Waals surface area (Å²) in [5, 5.41) is 8.81. The third kappa shape index (κ3) is 3.40. The molecule has 0 amide bonds. The van der Waals surface area contributed by atoms with Crippen molar-refractivity contribution in [3.05, 3.63) is 23.4 Å². The molecular weight excluding hydrogens is 277 g/mol. The molecule has 15 heavy (non-hydrogen) atoms. The minimum absolute atomic E-state index is 0.253. The molecule has 0 saturated carbocycles. The second-order valence-electron chi connectivity index (χ2n) is 2.45. The molecule has 0 fully saturated rings. The normalized spacial score (nSPS) is 10.9. The third-order valence-corrected chi connectivity index (χ3v) is 1.96. The molecule has 1 aromatic rings. The highest BCUT2D eigenvalue weighted by atomic mass is 79.9. The van der Waals surface area contributed by atoms with Crippen LogP contribution in [0.2, 0.25) is 0 Å². The molecule has 0 saturated heterocycles. The van der Waals surface area contributed by atoms with Crippen LogP contribution in [0.1, 0.15) is 11.3 Å². The van der Waals surface area contributed by atoms with Gasteiger partial charge < -0.3 is 4.74 Å². The summed E-state index contributed by atoms with van der Waals surface area (Å²) in [5.41, 5.74) is 0.102. The summed E-state index contributed by atoms with van der Waals surface area (Å²) in [5.74, 6) is -0.720. The number of aromatic nitrogens is 1. The highest BCUT2D eigenvalue weighted by Gasteiger charge is 2.33. The van der Waals surface area contributed by atoms with Crippen LogP contribution in [-0.2, 0) is 5.33 Å². The van der Waals surface area contributed by atoms with E-state index < -0.39 is 12.2 Å². The topological polar surface area (TPSA) is 45.9 Å². The quantitative estimate of drug-likeness (QED) is 0.783. The minimum Gasteiger partial charge on any atom is -0.386 e. The summed E-state index contributed by atoms with van der Waals surface area (Å²) in [7, 11) is 0. The van der Waals surface area contributed by atoms with Crippen LogP contribution in [0.15, 0.2) is 12.1 Å². The van der Waals surface area contributed by atoms with Crippen molar-refractivity contribution in [1.29, 1.82) is 5.26 Å². The van der Waals surface area contributed by atoms with Crippen molar-refractivity contribution in [2.45, 2.75) is 11.7 Å². The summed E-state index contributed by atoms with van der Waals surface area (Å²) in [6, 6.07) is 4.23. The molecule has 7 heteroatoms. The molecule has 3 nitrogen and oxygen atoms in total. The first-order chi connectivity index (χ1) is 6.96. The Hall–Kier alpha value is -1.29. The molecule has 0 N–H and O–H groups in total. The highest BCUT2D eigenvalue weighted by molar-refractivity contribution is 9.08. The van der Waals surface area contributed by atoms with Crippen LogP contribution < -0.4 is 4.74 Å². The molecule has 0 aliphatic carbocycles. The lowest BCUT2D eigenvalue weighted by atomic mass is 10.2. The molecule has 1 rings (SSSR count). The lowest BCUT2D eigenvalue weighted by Crippen LogP contribution is -2.19. The van der Waals surface area contributed by atoms with Gasteiger partial charge in [0.15, 0.2) is 0 Å². The number of halogens is 4. The number of pyridine rings is 1. The van der Waals surface area contributed by atoms with Crippen LogP contribution in [0.4, 0.5) is 13.2 Å². The van der Waals surface area contributed by atoms with Crippen molar-refractivity contribution in [2.24, 2.45) is 0 Å². The summed E-state index contributed by atoms with van der Waals surface area (Å²) in [6.45, 7) is 0. The van der Waals surface area contributed by atoms with E-state index in [0.717, 1.165) is 0 Å². The number of hydrogen-bond donors (Lipinski definition) is 0. The Morgan fingerprint density at radius 2 is 2.13 bits per heavy atom. The van der Waals surface area contributed by atoms with Crippen molar-refractivity contribution in [1.82, 2.24) is 4.98 Å². The van der Waals surface area contributed by atoms with Gasteiger partial charge in [-0.15, -0.1) is 13.2 Å². The van der Waals surface area contributed by atoms with Gasteiger partial charge in [-0.1, -0.05) is 15.9 Å². The van der Waals surface area contributed by atoms with Crippen LogP contribution in [0, 0.1) is 11.3 Å². The average Bonchev–Trinajstić information content (AvgIpc) is 2.15. The number of nitrogens with zero attached hydrogens (tertiary/aromatic N) is 2. The van der Waals surface area contributed by atoms with Gasteiger partial charge in [-0.3, -0.25) is 0 Å². The summed E-state index contributed by atoms with van der Waals surface area (Å²) in [4.78, 5) is 3.54. The van der Waals surface area contributed by atoms with Gasteiger partial charge in [0.05, 0.1) is 5.69 Å². The van der Waals surface area contributed by atoms with E-state index >= 15 is 0 Å². The van der Waals surface area contributed by atoms with Gasteiger partial charge in [0.25, 0.3) is 0 Å². The molecule has 80 valence electrons. The number of hydrogen-bond acceptors (Lipinski definition) is 3. The van der Waals surface area contributed by atoms with Gasteiger partial charge in [-0.2, -0.15) is 5.26 Å². The Bertz CT molecular complexity index is 400. The molecule has 0 spiro atoms. The van der Waals surface area contributed by atoms with Gasteiger partial charge in [-0.05, 0) is 12.1 Å². The van der Waals surface area contributed by atoms with E-state index in [1.54, 1.807) is 6.07 Å². The van der Waals surface area contributed by atoms with Crippen molar-refractivity contribution >= 4 is 15.9 Å². The Morgan fingerprint density at radius 3 is 2.60 bits per heavy atom. The molecule has 0 unspecified atom stereocenters. The van der Waals surface area contributed by atoms with E-state index in [2.05, 4.69) is 25.7 Å². The molecule has 0 bridgehead atoms. The lowest BCUT2D eigenvalue weighted by molar-refractivity contribution is -0.276. The Kier molecular flexibility index (Phi) is 3.52. The van der Waals surface area contributed by atoms with Crippen LogP contribution in [0.5, 0.6) is 5.88 Å². The number of rotatable bonds is 2. The van der Waals surface area contributed by atoms with Gasteiger partial charge in [0.1, 0.15) is 11.6 Å². The SMILES string of the molecule is N#Cc1ccc(CBr)nc1OC(F)(F)F. The zero-order valence-corrected chi connectivity index (χ0v) is 8.76. The fourth-order valence-corrected chi connectivity index (χ4v) is 1.14. The Balaban J connectivity index is 3.08. The number of nitriles is 1. The summed E-state index contributed by atoms with van der Waals surface area (Å²) < 4.78 is 39.3. The predicted octanol–water partition coefficient (Wildman–Crippen LogP) is 2.75. The molecule has 0 aromatic carbocycles. The van der Waals surface area contributed by atoms with Crippen LogP contribution >= 0.6 is 15.9 Å². The van der Waals surface area contributed by atoms with Crippen molar-refractivity contribution < 1.29 is 17.9 Å². The van der Waals surface area contributed by atoms with E-state index in [4.69, 9.17) is 5.26 Å². The second-order valence-corrected chi connectivity index (χ2v) is 3.01. The lowest BCUT2D eigenvalue weighted by Gasteiger charge is -2.09.